The largest absolute Gasteiger partial charge is 0.396 e. The summed E-state index contributed by atoms with van der Waals surface area (Å²) in [6.45, 7) is -0.167. The Morgan fingerprint density at radius 2 is 1.89 bits per heavy atom. The minimum atomic E-state index is -1.02. The highest BCUT2D eigenvalue weighted by molar-refractivity contribution is 5.54. The van der Waals surface area contributed by atoms with Gasteiger partial charge in [0.1, 0.15) is 6.10 Å². The zero-order chi connectivity index (χ0) is 13.0. The van der Waals surface area contributed by atoms with E-state index in [9.17, 15) is 10.2 Å². The van der Waals surface area contributed by atoms with Crippen molar-refractivity contribution in [2.24, 2.45) is 0 Å². The van der Waals surface area contributed by atoms with E-state index < -0.39 is 12.2 Å². The summed E-state index contributed by atoms with van der Waals surface area (Å²) in [5, 5.41) is 41.6. The van der Waals surface area contributed by atoms with Crippen molar-refractivity contribution in [3.63, 3.8) is 0 Å². The Bertz CT molecular complexity index is 472. The van der Waals surface area contributed by atoms with Gasteiger partial charge in [-0.3, -0.25) is 0 Å². The molecular weight excluding hydrogens is 236 g/mol. The molecule has 4 N–H and O–H groups in total. The lowest BCUT2D eigenvalue weighted by molar-refractivity contribution is 0.00422. The second-order valence-corrected chi connectivity index (χ2v) is 3.88. The van der Waals surface area contributed by atoms with Crippen molar-refractivity contribution in [3.8, 4) is 11.4 Å². The lowest BCUT2D eigenvalue weighted by Crippen LogP contribution is -2.19. The van der Waals surface area contributed by atoms with Crippen molar-refractivity contribution < 1.29 is 15.3 Å². The van der Waals surface area contributed by atoms with Gasteiger partial charge >= 0.3 is 0 Å². The first-order valence-electron chi connectivity index (χ1n) is 5.53. The Kier molecular flexibility index (Phi) is 3.98. The summed E-state index contributed by atoms with van der Waals surface area (Å²) in [5.41, 5.74) is 1.33. The molecule has 7 heteroatoms. The van der Waals surface area contributed by atoms with Crippen molar-refractivity contribution in [3.05, 3.63) is 29.8 Å². The SMILES string of the molecule is OCCC(O)C(O)c1ccc(-c2nn[nH]n2)cc1. The van der Waals surface area contributed by atoms with Gasteiger partial charge in [-0.25, -0.2) is 0 Å². The number of aliphatic hydroxyl groups is 3. The monoisotopic (exact) mass is 250 g/mol. The third-order valence-corrected chi connectivity index (χ3v) is 2.65. The van der Waals surface area contributed by atoms with E-state index in [2.05, 4.69) is 20.6 Å². The molecule has 0 fully saturated rings. The number of benzene rings is 1. The number of hydrogen-bond donors (Lipinski definition) is 4. The van der Waals surface area contributed by atoms with Gasteiger partial charge in [-0.15, -0.1) is 10.2 Å². The molecule has 0 amide bonds. The van der Waals surface area contributed by atoms with Gasteiger partial charge in [0.05, 0.1) is 6.10 Å². The number of nitrogens with one attached hydrogen (secondary N) is 1. The Labute approximate surface area is 103 Å². The van der Waals surface area contributed by atoms with E-state index in [1.807, 2.05) is 0 Å². The van der Waals surface area contributed by atoms with Gasteiger partial charge in [-0.05, 0) is 17.2 Å². The number of rotatable bonds is 5. The van der Waals surface area contributed by atoms with Crippen LogP contribution in [0.1, 0.15) is 18.1 Å². The van der Waals surface area contributed by atoms with E-state index >= 15 is 0 Å². The second kappa shape index (κ2) is 5.67. The first kappa shape index (κ1) is 12.6. The van der Waals surface area contributed by atoms with Crippen molar-refractivity contribution in [2.45, 2.75) is 18.6 Å². The van der Waals surface area contributed by atoms with Crippen LogP contribution in [0.5, 0.6) is 0 Å². The van der Waals surface area contributed by atoms with Gasteiger partial charge in [-0.1, -0.05) is 24.3 Å². The molecule has 0 saturated carbocycles. The Morgan fingerprint density at radius 3 is 2.44 bits per heavy atom. The number of H-pyrrole nitrogens is 1. The molecule has 0 radical (unpaired) electrons. The van der Waals surface area contributed by atoms with Crippen molar-refractivity contribution in [2.75, 3.05) is 6.61 Å². The standard InChI is InChI=1S/C11H14N4O3/c16-6-5-9(17)10(18)7-1-3-8(4-2-7)11-12-14-15-13-11/h1-4,9-10,16-18H,5-6H2,(H,12,13,14,15). The van der Waals surface area contributed by atoms with Gasteiger partial charge in [0.15, 0.2) is 0 Å². The average Bonchev–Trinajstić information content (AvgIpc) is 2.92. The Morgan fingerprint density at radius 1 is 1.17 bits per heavy atom. The number of nitrogens with zero attached hydrogens (tertiary/aromatic N) is 3. The molecule has 0 aliphatic carbocycles. The van der Waals surface area contributed by atoms with Gasteiger partial charge in [-0.2, -0.15) is 5.21 Å². The van der Waals surface area contributed by atoms with Crippen LogP contribution in [0, 0.1) is 0 Å². The van der Waals surface area contributed by atoms with Crippen LogP contribution in [0.2, 0.25) is 0 Å². The molecule has 0 spiro atoms. The average molecular weight is 250 g/mol. The summed E-state index contributed by atoms with van der Waals surface area (Å²) in [4.78, 5) is 0. The number of aliphatic hydroxyl groups excluding tert-OH is 3. The summed E-state index contributed by atoms with van der Waals surface area (Å²) < 4.78 is 0. The van der Waals surface area contributed by atoms with Crippen molar-refractivity contribution in [1.29, 1.82) is 0 Å². The quantitative estimate of drug-likeness (QED) is 0.576. The Hall–Kier alpha value is -1.83. The molecule has 0 bridgehead atoms. The molecule has 1 aromatic carbocycles. The maximum Gasteiger partial charge on any atom is 0.204 e. The normalized spacial score (nSPS) is 14.4. The maximum absolute atomic E-state index is 9.83. The molecule has 2 atom stereocenters. The predicted molar refractivity (Wildman–Crippen MR) is 62.3 cm³/mol. The lowest BCUT2D eigenvalue weighted by atomic mass is 10.0. The number of aromatic nitrogens is 4. The van der Waals surface area contributed by atoms with E-state index in [-0.39, 0.29) is 13.0 Å². The maximum atomic E-state index is 9.83. The molecule has 18 heavy (non-hydrogen) atoms. The number of aromatic amines is 1. The van der Waals surface area contributed by atoms with Crippen molar-refractivity contribution in [1.82, 2.24) is 20.6 Å². The minimum absolute atomic E-state index is 0.133. The third-order valence-electron chi connectivity index (χ3n) is 2.65. The van der Waals surface area contributed by atoms with Gasteiger partial charge < -0.3 is 15.3 Å². The molecular formula is C11H14N4O3. The van der Waals surface area contributed by atoms with E-state index in [0.717, 1.165) is 5.56 Å². The molecule has 0 aliphatic rings. The fraction of sp³-hybridized carbons (Fsp3) is 0.364. The van der Waals surface area contributed by atoms with Crippen LogP contribution in [-0.2, 0) is 0 Å². The van der Waals surface area contributed by atoms with Crippen LogP contribution < -0.4 is 0 Å². The van der Waals surface area contributed by atoms with Crippen LogP contribution in [-0.4, -0.2) is 48.7 Å². The van der Waals surface area contributed by atoms with E-state index in [0.29, 0.717) is 11.4 Å². The molecule has 7 nitrogen and oxygen atoms in total. The predicted octanol–water partition coefficient (Wildman–Crippen LogP) is -0.357. The fourth-order valence-corrected chi connectivity index (χ4v) is 1.63. The highest BCUT2D eigenvalue weighted by Crippen LogP contribution is 2.21. The number of tetrazole rings is 1. The topological polar surface area (TPSA) is 115 Å². The number of hydrogen-bond acceptors (Lipinski definition) is 6. The molecule has 96 valence electrons. The molecule has 1 aromatic heterocycles. The lowest BCUT2D eigenvalue weighted by Gasteiger charge is -2.17. The third kappa shape index (κ3) is 2.70. The minimum Gasteiger partial charge on any atom is -0.396 e. The zero-order valence-electron chi connectivity index (χ0n) is 9.56. The first-order chi connectivity index (χ1) is 8.72. The smallest absolute Gasteiger partial charge is 0.204 e. The molecule has 0 aliphatic heterocycles. The summed E-state index contributed by atoms with van der Waals surface area (Å²) in [6.07, 6.45) is -1.86. The molecule has 2 unspecified atom stereocenters. The van der Waals surface area contributed by atoms with Crippen molar-refractivity contribution >= 4 is 0 Å². The van der Waals surface area contributed by atoms with E-state index in [1.54, 1.807) is 24.3 Å². The fourth-order valence-electron chi connectivity index (χ4n) is 1.63. The Balaban J connectivity index is 2.12. The molecule has 2 aromatic rings. The highest BCUT2D eigenvalue weighted by atomic mass is 16.3. The van der Waals surface area contributed by atoms with Gasteiger partial charge in [0.2, 0.25) is 5.82 Å². The van der Waals surface area contributed by atoms with Crippen LogP contribution in [0.15, 0.2) is 24.3 Å². The second-order valence-electron chi connectivity index (χ2n) is 3.88. The van der Waals surface area contributed by atoms with E-state index in [4.69, 9.17) is 5.11 Å². The van der Waals surface area contributed by atoms with E-state index in [1.165, 1.54) is 0 Å². The van der Waals surface area contributed by atoms with Crippen LogP contribution >= 0.6 is 0 Å². The first-order valence-corrected chi connectivity index (χ1v) is 5.53. The zero-order valence-corrected chi connectivity index (χ0v) is 9.56. The van der Waals surface area contributed by atoms with Gasteiger partial charge in [0.25, 0.3) is 0 Å². The van der Waals surface area contributed by atoms with Crippen LogP contribution in [0.25, 0.3) is 11.4 Å². The summed E-state index contributed by atoms with van der Waals surface area (Å²) >= 11 is 0. The summed E-state index contributed by atoms with van der Waals surface area (Å²) in [6, 6.07) is 6.82. The van der Waals surface area contributed by atoms with Gasteiger partial charge in [0, 0.05) is 12.2 Å². The molecule has 2 rings (SSSR count). The molecule has 1 heterocycles. The summed E-state index contributed by atoms with van der Waals surface area (Å²) in [7, 11) is 0. The van der Waals surface area contributed by atoms with Crippen LogP contribution in [0.3, 0.4) is 0 Å². The molecule has 0 saturated heterocycles. The summed E-state index contributed by atoms with van der Waals surface area (Å²) in [5.74, 6) is 0.465. The highest BCUT2D eigenvalue weighted by Gasteiger charge is 2.17. The van der Waals surface area contributed by atoms with Crippen LogP contribution in [0.4, 0.5) is 0 Å².